The zero-order chi connectivity index (χ0) is 12.1. The lowest BCUT2D eigenvalue weighted by atomic mass is 10.1. The van der Waals surface area contributed by atoms with Crippen molar-refractivity contribution in [1.29, 1.82) is 0 Å². The lowest BCUT2D eigenvalue weighted by Crippen LogP contribution is -2.26. The Morgan fingerprint density at radius 1 is 1.50 bits per heavy atom. The first-order valence-corrected chi connectivity index (χ1v) is 6.20. The van der Waals surface area contributed by atoms with E-state index in [2.05, 4.69) is 22.9 Å². The van der Waals surface area contributed by atoms with Gasteiger partial charge in [-0.2, -0.15) is 0 Å². The Hall–Kier alpha value is -0.610. The molecule has 0 radical (unpaired) electrons. The molecule has 0 aliphatic heterocycles. The van der Waals surface area contributed by atoms with E-state index >= 15 is 0 Å². The number of halogens is 2. The van der Waals surface area contributed by atoms with Gasteiger partial charge >= 0.3 is 0 Å². The number of anilines is 1. The van der Waals surface area contributed by atoms with Gasteiger partial charge in [0.1, 0.15) is 5.82 Å². The van der Waals surface area contributed by atoms with Crippen molar-refractivity contribution < 1.29 is 4.39 Å². The van der Waals surface area contributed by atoms with Gasteiger partial charge < -0.3 is 10.6 Å². The number of hydrogen-bond donors (Lipinski definition) is 1. The summed E-state index contributed by atoms with van der Waals surface area (Å²) in [5.74, 6) is 0.277. The average Bonchev–Trinajstić information content (AvgIpc) is 2.21. The normalized spacial score (nSPS) is 12.6. The largest absolute Gasteiger partial charge is 0.372 e. The summed E-state index contributed by atoms with van der Waals surface area (Å²) in [7, 11) is 1.90. The third-order valence-electron chi connectivity index (χ3n) is 2.56. The van der Waals surface area contributed by atoms with E-state index in [1.807, 2.05) is 11.9 Å². The number of hydrogen-bond acceptors (Lipinski definition) is 2. The fraction of sp³-hybridized carbons (Fsp3) is 0.500. The summed E-state index contributed by atoms with van der Waals surface area (Å²) in [6.07, 6.45) is 0.958. The Balaban J connectivity index is 2.72. The molecule has 0 aliphatic rings. The average molecular weight is 289 g/mol. The van der Waals surface area contributed by atoms with E-state index in [9.17, 15) is 4.39 Å². The third-order valence-corrected chi connectivity index (χ3v) is 3.06. The summed E-state index contributed by atoms with van der Waals surface area (Å²) in [6.45, 7) is 3.61. The summed E-state index contributed by atoms with van der Waals surface area (Å²) >= 11 is 3.35. The van der Waals surface area contributed by atoms with E-state index in [1.54, 1.807) is 12.1 Å². The topological polar surface area (TPSA) is 29.3 Å². The van der Waals surface area contributed by atoms with Crippen molar-refractivity contribution in [2.75, 3.05) is 25.0 Å². The fourth-order valence-corrected chi connectivity index (χ4v) is 2.07. The Bertz CT molecular complexity index is 344. The van der Waals surface area contributed by atoms with Gasteiger partial charge in [0, 0.05) is 18.1 Å². The molecule has 1 aromatic rings. The van der Waals surface area contributed by atoms with Crippen LogP contribution in [0.1, 0.15) is 13.3 Å². The van der Waals surface area contributed by atoms with E-state index in [1.165, 1.54) is 6.07 Å². The smallest absolute Gasteiger partial charge is 0.146 e. The molecule has 0 bridgehead atoms. The van der Waals surface area contributed by atoms with E-state index in [0.717, 1.165) is 17.4 Å². The van der Waals surface area contributed by atoms with Gasteiger partial charge in [0.05, 0.1) is 5.69 Å². The molecular weight excluding hydrogens is 271 g/mol. The number of benzene rings is 1. The predicted molar refractivity (Wildman–Crippen MR) is 70.2 cm³/mol. The van der Waals surface area contributed by atoms with Gasteiger partial charge in [-0.25, -0.2) is 4.39 Å². The monoisotopic (exact) mass is 288 g/mol. The van der Waals surface area contributed by atoms with Crippen molar-refractivity contribution >= 4 is 21.6 Å². The van der Waals surface area contributed by atoms with Gasteiger partial charge in [0.2, 0.25) is 0 Å². The van der Waals surface area contributed by atoms with Crippen LogP contribution in [-0.2, 0) is 0 Å². The van der Waals surface area contributed by atoms with E-state index in [4.69, 9.17) is 5.73 Å². The summed E-state index contributed by atoms with van der Waals surface area (Å²) in [5, 5.41) is 0. The molecule has 0 spiro atoms. The van der Waals surface area contributed by atoms with Crippen LogP contribution in [0.5, 0.6) is 0 Å². The lowest BCUT2D eigenvalue weighted by molar-refractivity contribution is 0.533. The third kappa shape index (κ3) is 3.76. The summed E-state index contributed by atoms with van der Waals surface area (Å²) in [4.78, 5) is 1.93. The summed E-state index contributed by atoms with van der Waals surface area (Å²) < 4.78 is 14.5. The molecular formula is C12H18BrFN2. The highest BCUT2D eigenvalue weighted by molar-refractivity contribution is 9.10. The first-order chi connectivity index (χ1) is 7.54. The van der Waals surface area contributed by atoms with Crippen LogP contribution in [0, 0.1) is 11.7 Å². The molecule has 4 heteroatoms. The van der Waals surface area contributed by atoms with Gasteiger partial charge in [-0.15, -0.1) is 0 Å². The van der Waals surface area contributed by atoms with E-state index in [-0.39, 0.29) is 5.82 Å². The zero-order valence-corrected chi connectivity index (χ0v) is 11.3. The molecule has 0 aliphatic carbocycles. The van der Waals surface area contributed by atoms with Crippen LogP contribution in [0.15, 0.2) is 22.7 Å². The van der Waals surface area contributed by atoms with Crippen molar-refractivity contribution in [2.24, 2.45) is 11.7 Å². The van der Waals surface area contributed by atoms with Crippen LogP contribution in [0.25, 0.3) is 0 Å². The maximum atomic E-state index is 13.6. The number of rotatable bonds is 5. The van der Waals surface area contributed by atoms with Crippen molar-refractivity contribution in [3.05, 3.63) is 28.5 Å². The molecule has 0 aromatic heterocycles. The first kappa shape index (κ1) is 13.5. The Kier molecular flexibility index (Phi) is 5.22. The van der Waals surface area contributed by atoms with Gasteiger partial charge in [-0.1, -0.05) is 22.9 Å². The van der Waals surface area contributed by atoms with E-state index < -0.39 is 0 Å². The molecule has 1 aromatic carbocycles. The summed E-state index contributed by atoms with van der Waals surface area (Å²) in [6, 6.07) is 4.98. The highest BCUT2D eigenvalue weighted by atomic mass is 79.9. The molecule has 1 atom stereocenters. The quantitative estimate of drug-likeness (QED) is 0.903. The van der Waals surface area contributed by atoms with Crippen LogP contribution in [0.2, 0.25) is 0 Å². The van der Waals surface area contributed by atoms with Crippen LogP contribution >= 0.6 is 15.9 Å². The van der Waals surface area contributed by atoms with Crippen LogP contribution < -0.4 is 10.6 Å². The molecule has 1 unspecified atom stereocenters. The molecule has 2 nitrogen and oxygen atoms in total. The molecule has 0 heterocycles. The second-order valence-electron chi connectivity index (χ2n) is 4.16. The second kappa shape index (κ2) is 6.21. The van der Waals surface area contributed by atoms with Gasteiger partial charge in [0.15, 0.2) is 0 Å². The van der Waals surface area contributed by atoms with Crippen molar-refractivity contribution in [1.82, 2.24) is 0 Å². The van der Waals surface area contributed by atoms with E-state index in [0.29, 0.717) is 18.2 Å². The van der Waals surface area contributed by atoms with Crippen molar-refractivity contribution in [3.8, 4) is 0 Å². The summed E-state index contributed by atoms with van der Waals surface area (Å²) in [5.41, 5.74) is 6.12. The molecule has 0 fully saturated rings. The van der Waals surface area contributed by atoms with Crippen LogP contribution in [0.4, 0.5) is 10.1 Å². The molecule has 1 rings (SSSR count). The molecule has 0 saturated heterocycles. The minimum atomic E-state index is -0.189. The van der Waals surface area contributed by atoms with Gasteiger partial charge in [0.25, 0.3) is 0 Å². The Labute approximate surface area is 105 Å². The maximum Gasteiger partial charge on any atom is 0.146 e. The van der Waals surface area contributed by atoms with Crippen molar-refractivity contribution in [2.45, 2.75) is 13.3 Å². The zero-order valence-electron chi connectivity index (χ0n) is 9.71. The Morgan fingerprint density at radius 3 is 2.81 bits per heavy atom. The highest BCUT2D eigenvalue weighted by Crippen LogP contribution is 2.23. The number of nitrogens with two attached hydrogens (primary N) is 1. The predicted octanol–water partition coefficient (Wildman–Crippen LogP) is 3.01. The maximum absolute atomic E-state index is 13.6. The highest BCUT2D eigenvalue weighted by Gasteiger charge is 2.11. The number of nitrogens with zero attached hydrogens (tertiary/aromatic N) is 1. The van der Waals surface area contributed by atoms with Crippen LogP contribution in [-0.4, -0.2) is 20.1 Å². The standard InChI is InChI=1S/C12H18BrFN2/c1-9(5-6-15)8-16(2)12-7-10(13)3-4-11(12)14/h3-4,7,9H,5-6,8,15H2,1-2H3. The molecule has 0 amide bonds. The first-order valence-electron chi connectivity index (χ1n) is 5.41. The van der Waals surface area contributed by atoms with Crippen LogP contribution in [0.3, 0.4) is 0 Å². The minimum Gasteiger partial charge on any atom is -0.372 e. The van der Waals surface area contributed by atoms with Gasteiger partial charge in [-0.05, 0) is 37.1 Å². The molecule has 90 valence electrons. The fourth-order valence-electron chi connectivity index (χ4n) is 1.72. The lowest BCUT2D eigenvalue weighted by Gasteiger charge is -2.23. The Morgan fingerprint density at radius 2 is 2.19 bits per heavy atom. The molecule has 2 N–H and O–H groups in total. The molecule has 0 saturated carbocycles. The second-order valence-corrected chi connectivity index (χ2v) is 5.07. The molecule has 16 heavy (non-hydrogen) atoms. The minimum absolute atomic E-state index is 0.189. The van der Waals surface area contributed by atoms with Crippen molar-refractivity contribution in [3.63, 3.8) is 0 Å². The SMILES string of the molecule is CC(CCN)CN(C)c1cc(Br)ccc1F. The van der Waals surface area contributed by atoms with Gasteiger partial charge in [-0.3, -0.25) is 0 Å².